The molecule has 0 fully saturated rings. The highest BCUT2D eigenvalue weighted by molar-refractivity contribution is 9.10. The third-order valence-corrected chi connectivity index (χ3v) is 3.03. The highest BCUT2D eigenvalue weighted by atomic mass is 79.9. The number of hydrogen-bond donors (Lipinski definition) is 2. The molecule has 0 bridgehead atoms. The predicted octanol–water partition coefficient (Wildman–Crippen LogP) is 2.23. The fraction of sp³-hybridized carbons (Fsp3) is 0.385. The Morgan fingerprint density at radius 1 is 1.47 bits per heavy atom. The van der Waals surface area contributed by atoms with Crippen LogP contribution in [0.15, 0.2) is 22.7 Å². The van der Waals surface area contributed by atoms with E-state index in [1.165, 1.54) is 12.1 Å². The summed E-state index contributed by atoms with van der Waals surface area (Å²) in [5, 5.41) is 12.2. The molecule has 0 aromatic heterocycles. The maximum atomic E-state index is 11.7. The number of esters is 1. The zero-order valence-corrected chi connectivity index (χ0v) is 12.4. The topological polar surface area (TPSA) is 75.6 Å². The Morgan fingerprint density at radius 3 is 2.79 bits per heavy atom. The zero-order chi connectivity index (χ0) is 14.4. The molecule has 6 heteroatoms. The summed E-state index contributed by atoms with van der Waals surface area (Å²) in [5.74, 6) is -1.29. The molecule has 1 unspecified atom stereocenters. The summed E-state index contributed by atoms with van der Waals surface area (Å²) >= 11 is 3.19. The van der Waals surface area contributed by atoms with Crippen LogP contribution in [0.4, 0.5) is 0 Å². The van der Waals surface area contributed by atoms with Crippen LogP contribution in [0.1, 0.15) is 30.6 Å². The number of halogens is 1. The van der Waals surface area contributed by atoms with Crippen molar-refractivity contribution < 1.29 is 19.4 Å². The van der Waals surface area contributed by atoms with Crippen molar-refractivity contribution in [2.45, 2.75) is 26.3 Å². The molecule has 1 atom stereocenters. The Hall–Kier alpha value is -1.56. The van der Waals surface area contributed by atoms with Crippen LogP contribution in [-0.2, 0) is 9.53 Å². The maximum absolute atomic E-state index is 11.7. The van der Waals surface area contributed by atoms with E-state index >= 15 is 0 Å². The van der Waals surface area contributed by atoms with Crippen LogP contribution in [0.3, 0.4) is 0 Å². The van der Waals surface area contributed by atoms with Crippen molar-refractivity contribution in [1.82, 2.24) is 5.32 Å². The summed E-state index contributed by atoms with van der Waals surface area (Å²) in [6, 6.07) is 4.44. The second kappa shape index (κ2) is 7.13. The van der Waals surface area contributed by atoms with Crippen LogP contribution in [-0.4, -0.2) is 29.6 Å². The lowest BCUT2D eigenvalue weighted by atomic mass is 10.2. The molecule has 0 spiro atoms. The molecule has 0 heterocycles. The summed E-state index contributed by atoms with van der Waals surface area (Å²) < 4.78 is 5.48. The van der Waals surface area contributed by atoms with Gasteiger partial charge in [0.25, 0.3) is 5.91 Å². The summed E-state index contributed by atoms with van der Waals surface area (Å²) in [7, 11) is 0. The smallest absolute Gasteiger partial charge is 0.342 e. The molecule has 19 heavy (non-hydrogen) atoms. The molecule has 1 amide bonds. The highest BCUT2D eigenvalue weighted by Crippen LogP contribution is 2.22. The van der Waals surface area contributed by atoms with Crippen molar-refractivity contribution in [2.24, 2.45) is 0 Å². The summed E-state index contributed by atoms with van der Waals surface area (Å²) in [5.41, 5.74) is 0.0192. The van der Waals surface area contributed by atoms with Gasteiger partial charge >= 0.3 is 5.97 Å². The number of phenols is 1. The Morgan fingerprint density at radius 2 is 2.16 bits per heavy atom. The van der Waals surface area contributed by atoms with Gasteiger partial charge in [-0.15, -0.1) is 0 Å². The quantitative estimate of drug-likeness (QED) is 0.812. The molecule has 104 valence electrons. The first-order valence-corrected chi connectivity index (χ1v) is 6.68. The first-order valence-electron chi connectivity index (χ1n) is 5.89. The summed E-state index contributed by atoms with van der Waals surface area (Å²) in [6.07, 6.45) is 0.798. The van der Waals surface area contributed by atoms with Crippen molar-refractivity contribution in [1.29, 1.82) is 0 Å². The Labute approximate surface area is 120 Å². The van der Waals surface area contributed by atoms with E-state index in [0.29, 0.717) is 4.47 Å². The molecule has 0 radical (unpaired) electrons. The van der Waals surface area contributed by atoms with E-state index in [1.807, 2.05) is 13.8 Å². The zero-order valence-electron chi connectivity index (χ0n) is 10.8. The molecule has 0 aliphatic heterocycles. The molecule has 5 nitrogen and oxygen atoms in total. The van der Waals surface area contributed by atoms with Gasteiger partial charge in [-0.1, -0.05) is 22.9 Å². The number of amides is 1. The Bertz CT molecular complexity index is 476. The lowest BCUT2D eigenvalue weighted by molar-refractivity contribution is -0.124. The summed E-state index contributed by atoms with van der Waals surface area (Å²) in [6.45, 7) is 3.44. The number of carbonyl (C=O) groups is 2. The molecule has 2 N–H and O–H groups in total. The van der Waals surface area contributed by atoms with E-state index < -0.39 is 5.97 Å². The monoisotopic (exact) mass is 329 g/mol. The minimum atomic E-state index is -0.738. The Kier molecular flexibility index (Phi) is 5.82. The highest BCUT2D eigenvalue weighted by Gasteiger charge is 2.15. The van der Waals surface area contributed by atoms with Gasteiger partial charge in [0.2, 0.25) is 0 Å². The number of rotatable bonds is 5. The van der Waals surface area contributed by atoms with E-state index in [0.717, 1.165) is 6.42 Å². The van der Waals surface area contributed by atoms with Gasteiger partial charge in [-0.05, 0) is 31.5 Å². The summed E-state index contributed by atoms with van der Waals surface area (Å²) in [4.78, 5) is 23.1. The number of phenolic OH excluding ortho intramolecular Hbond substituents is 1. The van der Waals surface area contributed by atoms with Crippen molar-refractivity contribution >= 4 is 27.8 Å². The third-order valence-electron chi connectivity index (χ3n) is 2.53. The minimum absolute atomic E-state index is 0.0192. The van der Waals surface area contributed by atoms with Crippen LogP contribution in [0.2, 0.25) is 0 Å². The third kappa shape index (κ3) is 4.90. The lowest BCUT2D eigenvalue weighted by Crippen LogP contribution is -2.35. The second-order valence-corrected chi connectivity index (χ2v) is 5.03. The van der Waals surface area contributed by atoms with E-state index in [-0.39, 0.29) is 29.9 Å². The van der Waals surface area contributed by atoms with Gasteiger partial charge < -0.3 is 15.2 Å². The number of hydrogen-bond acceptors (Lipinski definition) is 4. The Balaban J connectivity index is 2.56. The molecular weight excluding hydrogens is 314 g/mol. The first-order chi connectivity index (χ1) is 8.93. The van der Waals surface area contributed by atoms with Crippen LogP contribution >= 0.6 is 15.9 Å². The standard InChI is InChI=1S/C13H16BrNO4/c1-3-8(2)15-12(17)7-19-13(18)10-6-9(14)4-5-11(10)16/h4-6,8,16H,3,7H2,1-2H3,(H,15,17). The fourth-order valence-corrected chi connectivity index (χ4v) is 1.66. The minimum Gasteiger partial charge on any atom is -0.507 e. The van der Waals surface area contributed by atoms with Crippen LogP contribution in [0, 0.1) is 0 Å². The fourth-order valence-electron chi connectivity index (χ4n) is 1.30. The van der Waals surface area contributed by atoms with Crippen molar-refractivity contribution in [2.75, 3.05) is 6.61 Å². The number of benzene rings is 1. The average molecular weight is 330 g/mol. The maximum Gasteiger partial charge on any atom is 0.342 e. The van der Waals surface area contributed by atoms with Crippen LogP contribution in [0.25, 0.3) is 0 Å². The average Bonchev–Trinajstić information content (AvgIpc) is 2.38. The van der Waals surface area contributed by atoms with Gasteiger partial charge in [0, 0.05) is 10.5 Å². The van der Waals surface area contributed by atoms with E-state index in [1.54, 1.807) is 6.07 Å². The molecule has 0 aliphatic carbocycles. The molecular formula is C13H16BrNO4. The SMILES string of the molecule is CCC(C)NC(=O)COC(=O)c1cc(Br)ccc1O. The first kappa shape index (κ1) is 15.5. The normalized spacial score (nSPS) is 11.7. The molecule has 0 saturated heterocycles. The van der Waals surface area contributed by atoms with Gasteiger partial charge in [-0.3, -0.25) is 4.79 Å². The predicted molar refractivity (Wildman–Crippen MR) is 74.0 cm³/mol. The van der Waals surface area contributed by atoms with Gasteiger partial charge in [0.05, 0.1) is 0 Å². The van der Waals surface area contributed by atoms with Gasteiger partial charge in [0.15, 0.2) is 6.61 Å². The van der Waals surface area contributed by atoms with Gasteiger partial charge in [-0.25, -0.2) is 4.79 Å². The number of carbonyl (C=O) groups excluding carboxylic acids is 2. The molecule has 0 aliphatic rings. The van der Waals surface area contributed by atoms with Crippen molar-refractivity contribution in [3.05, 3.63) is 28.2 Å². The molecule has 0 saturated carbocycles. The van der Waals surface area contributed by atoms with Gasteiger partial charge in [-0.2, -0.15) is 0 Å². The lowest BCUT2D eigenvalue weighted by Gasteiger charge is -2.11. The van der Waals surface area contributed by atoms with Crippen molar-refractivity contribution in [3.8, 4) is 5.75 Å². The van der Waals surface area contributed by atoms with Crippen LogP contribution < -0.4 is 5.32 Å². The van der Waals surface area contributed by atoms with E-state index in [4.69, 9.17) is 4.74 Å². The van der Waals surface area contributed by atoms with Crippen molar-refractivity contribution in [3.63, 3.8) is 0 Å². The molecule has 1 rings (SSSR count). The molecule has 1 aromatic rings. The van der Waals surface area contributed by atoms with E-state index in [2.05, 4.69) is 21.2 Å². The number of nitrogens with one attached hydrogen (secondary N) is 1. The largest absolute Gasteiger partial charge is 0.507 e. The number of ether oxygens (including phenoxy) is 1. The molecule has 1 aromatic carbocycles. The number of aromatic hydroxyl groups is 1. The second-order valence-electron chi connectivity index (χ2n) is 4.11. The van der Waals surface area contributed by atoms with E-state index in [9.17, 15) is 14.7 Å². The van der Waals surface area contributed by atoms with Gasteiger partial charge in [0.1, 0.15) is 11.3 Å². The van der Waals surface area contributed by atoms with Crippen LogP contribution in [0.5, 0.6) is 5.75 Å².